The van der Waals surface area contributed by atoms with Gasteiger partial charge in [-0.05, 0) is 29.5 Å². The van der Waals surface area contributed by atoms with Gasteiger partial charge in [0, 0.05) is 6.20 Å². The zero-order valence-electron chi connectivity index (χ0n) is 8.57. The number of carbonyl (C=O) groups is 1. The van der Waals surface area contributed by atoms with Crippen LogP contribution >= 0.6 is 22.6 Å². The van der Waals surface area contributed by atoms with Gasteiger partial charge in [-0.3, -0.25) is 9.36 Å². The highest BCUT2D eigenvalue weighted by molar-refractivity contribution is 14.1. The zero-order chi connectivity index (χ0) is 11.7. The molecule has 0 aromatic carbocycles. The van der Waals surface area contributed by atoms with Crippen LogP contribution in [-0.4, -0.2) is 28.3 Å². The Morgan fingerprint density at radius 3 is 3.06 bits per heavy atom. The quantitative estimate of drug-likeness (QED) is 0.788. The SMILES string of the molecule is Cc1ncc(I)c(=O)n1CC1CNC(=O)O1. The molecule has 1 atom stereocenters. The van der Waals surface area contributed by atoms with Crippen LogP contribution in [0.3, 0.4) is 0 Å². The number of amides is 1. The van der Waals surface area contributed by atoms with Crippen LogP contribution in [-0.2, 0) is 11.3 Å². The van der Waals surface area contributed by atoms with Crippen LogP contribution < -0.4 is 10.9 Å². The van der Waals surface area contributed by atoms with E-state index < -0.39 is 6.09 Å². The van der Waals surface area contributed by atoms with Crippen molar-refractivity contribution in [2.45, 2.75) is 19.6 Å². The minimum absolute atomic E-state index is 0.101. The number of hydrogen-bond donors (Lipinski definition) is 1. The minimum atomic E-state index is -0.436. The Morgan fingerprint density at radius 2 is 2.44 bits per heavy atom. The number of alkyl carbamates (subject to hydrolysis) is 1. The van der Waals surface area contributed by atoms with E-state index in [1.807, 2.05) is 22.6 Å². The number of nitrogens with zero attached hydrogens (tertiary/aromatic N) is 2. The van der Waals surface area contributed by atoms with Gasteiger partial charge in [0.1, 0.15) is 11.9 Å². The van der Waals surface area contributed by atoms with Gasteiger partial charge in [0.15, 0.2) is 0 Å². The number of cyclic esters (lactones) is 1. The lowest BCUT2D eigenvalue weighted by atomic mass is 10.3. The predicted molar refractivity (Wildman–Crippen MR) is 64.2 cm³/mol. The maximum absolute atomic E-state index is 11.8. The van der Waals surface area contributed by atoms with Gasteiger partial charge in [0.2, 0.25) is 0 Å². The van der Waals surface area contributed by atoms with Crippen LogP contribution in [0.1, 0.15) is 5.82 Å². The maximum Gasteiger partial charge on any atom is 0.407 e. The third-order valence-electron chi connectivity index (χ3n) is 2.34. The average molecular weight is 335 g/mol. The highest BCUT2D eigenvalue weighted by Crippen LogP contribution is 2.04. The van der Waals surface area contributed by atoms with Crippen molar-refractivity contribution in [3.63, 3.8) is 0 Å². The largest absolute Gasteiger partial charge is 0.442 e. The van der Waals surface area contributed by atoms with Crippen LogP contribution in [0.4, 0.5) is 4.79 Å². The summed E-state index contributed by atoms with van der Waals surface area (Å²) >= 11 is 1.94. The summed E-state index contributed by atoms with van der Waals surface area (Å²) in [6.45, 7) is 2.52. The fraction of sp³-hybridized carbons (Fsp3) is 0.444. The van der Waals surface area contributed by atoms with Gasteiger partial charge in [0.05, 0.1) is 16.7 Å². The number of aryl methyl sites for hydroxylation is 1. The van der Waals surface area contributed by atoms with Gasteiger partial charge in [-0.15, -0.1) is 0 Å². The van der Waals surface area contributed by atoms with Gasteiger partial charge < -0.3 is 10.1 Å². The first kappa shape index (κ1) is 11.4. The van der Waals surface area contributed by atoms with E-state index in [1.54, 1.807) is 6.92 Å². The number of carbonyl (C=O) groups excluding carboxylic acids is 1. The molecule has 0 radical (unpaired) electrons. The fourth-order valence-corrected chi connectivity index (χ4v) is 1.93. The molecule has 1 saturated heterocycles. The Labute approximate surface area is 105 Å². The molecule has 0 aliphatic carbocycles. The van der Waals surface area contributed by atoms with Crippen molar-refractivity contribution < 1.29 is 9.53 Å². The smallest absolute Gasteiger partial charge is 0.407 e. The highest BCUT2D eigenvalue weighted by atomic mass is 127. The number of aromatic nitrogens is 2. The first-order valence-electron chi connectivity index (χ1n) is 4.74. The standard InChI is InChI=1S/C9H10IN3O3/c1-5-11-3-7(10)8(14)13(5)4-6-2-12-9(15)16-6/h3,6H,2,4H2,1H3,(H,12,15). The summed E-state index contributed by atoms with van der Waals surface area (Å²) in [5.41, 5.74) is -0.101. The first-order valence-corrected chi connectivity index (χ1v) is 5.82. The van der Waals surface area contributed by atoms with E-state index in [1.165, 1.54) is 10.8 Å². The zero-order valence-corrected chi connectivity index (χ0v) is 10.7. The van der Waals surface area contributed by atoms with Crippen LogP contribution in [0.15, 0.2) is 11.0 Å². The average Bonchev–Trinajstić information content (AvgIpc) is 2.65. The number of rotatable bonds is 2. The highest BCUT2D eigenvalue weighted by Gasteiger charge is 2.23. The molecule has 1 aliphatic heterocycles. The minimum Gasteiger partial charge on any atom is -0.442 e. The van der Waals surface area contributed by atoms with Crippen molar-refractivity contribution in [3.05, 3.63) is 25.9 Å². The van der Waals surface area contributed by atoms with Crippen molar-refractivity contribution in [2.75, 3.05) is 6.54 Å². The number of ether oxygens (including phenoxy) is 1. The molecule has 6 nitrogen and oxygen atoms in total. The molecule has 1 N–H and O–H groups in total. The number of nitrogens with one attached hydrogen (secondary N) is 1. The molecule has 1 aliphatic rings. The summed E-state index contributed by atoms with van der Waals surface area (Å²) in [6.07, 6.45) is 0.798. The van der Waals surface area contributed by atoms with Gasteiger partial charge in [-0.2, -0.15) is 0 Å². The lowest BCUT2D eigenvalue weighted by Gasteiger charge is -2.12. The molecule has 2 heterocycles. The molecule has 0 spiro atoms. The van der Waals surface area contributed by atoms with Crippen molar-refractivity contribution in [2.24, 2.45) is 0 Å². The third kappa shape index (κ3) is 2.18. The van der Waals surface area contributed by atoms with Crippen molar-refractivity contribution in [1.29, 1.82) is 0 Å². The van der Waals surface area contributed by atoms with E-state index in [-0.39, 0.29) is 11.7 Å². The Morgan fingerprint density at radius 1 is 1.69 bits per heavy atom. The molecule has 1 aromatic heterocycles. The Bertz CT molecular complexity index is 485. The molecule has 1 amide bonds. The van der Waals surface area contributed by atoms with E-state index in [0.717, 1.165) is 0 Å². The lowest BCUT2D eigenvalue weighted by Crippen LogP contribution is -2.32. The molecule has 7 heteroatoms. The molecule has 1 unspecified atom stereocenters. The van der Waals surface area contributed by atoms with Crippen LogP contribution in [0.25, 0.3) is 0 Å². The molecule has 1 fully saturated rings. The molecule has 16 heavy (non-hydrogen) atoms. The molecule has 86 valence electrons. The summed E-state index contributed by atoms with van der Waals surface area (Å²) in [7, 11) is 0. The van der Waals surface area contributed by atoms with Crippen molar-refractivity contribution >= 4 is 28.7 Å². The topological polar surface area (TPSA) is 73.2 Å². The lowest BCUT2D eigenvalue weighted by molar-refractivity contribution is 0.129. The Balaban J connectivity index is 2.24. The maximum atomic E-state index is 11.8. The summed E-state index contributed by atoms with van der Waals surface area (Å²) in [5, 5.41) is 2.54. The first-order chi connectivity index (χ1) is 7.58. The van der Waals surface area contributed by atoms with E-state index >= 15 is 0 Å². The molecule has 2 rings (SSSR count). The third-order valence-corrected chi connectivity index (χ3v) is 3.08. The normalized spacial score (nSPS) is 19.4. The van der Waals surface area contributed by atoms with Crippen LogP contribution in [0.2, 0.25) is 0 Å². The molecular weight excluding hydrogens is 325 g/mol. The summed E-state index contributed by atoms with van der Waals surface area (Å²) in [4.78, 5) is 26.8. The van der Waals surface area contributed by atoms with Crippen LogP contribution in [0, 0.1) is 10.5 Å². The molecule has 1 aromatic rings. The Kier molecular flexibility index (Phi) is 3.13. The van der Waals surface area contributed by atoms with Crippen molar-refractivity contribution in [3.8, 4) is 0 Å². The Hall–Kier alpha value is -1.12. The second kappa shape index (κ2) is 4.40. The molecule has 0 bridgehead atoms. The predicted octanol–water partition coefficient (Wildman–Crippen LogP) is 0.265. The van der Waals surface area contributed by atoms with Gasteiger partial charge in [-0.25, -0.2) is 9.78 Å². The van der Waals surface area contributed by atoms with E-state index in [9.17, 15) is 9.59 Å². The van der Waals surface area contributed by atoms with Crippen molar-refractivity contribution in [1.82, 2.24) is 14.9 Å². The molecule has 0 saturated carbocycles. The van der Waals surface area contributed by atoms with E-state index in [2.05, 4.69) is 10.3 Å². The summed E-state index contributed by atoms with van der Waals surface area (Å²) in [6, 6.07) is 0. The van der Waals surface area contributed by atoms with Gasteiger partial charge in [0.25, 0.3) is 5.56 Å². The van der Waals surface area contributed by atoms with Crippen LogP contribution in [0.5, 0.6) is 0 Å². The molecular formula is C9H10IN3O3. The van der Waals surface area contributed by atoms with E-state index in [0.29, 0.717) is 22.5 Å². The second-order valence-electron chi connectivity index (χ2n) is 3.48. The van der Waals surface area contributed by atoms with E-state index in [4.69, 9.17) is 4.74 Å². The number of halogens is 1. The number of hydrogen-bond acceptors (Lipinski definition) is 4. The monoisotopic (exact) mass is 335 g/mol. The fourth-order valence-electron chi connectivity index (χ4n) is 1.50. The van der Waals surface area contributed by atoms with Gasteiger partial charge in [-0.1, -0.05) is 0 Å². The summed E-state index contributed by atoms with van der Waals surface area (Å²) < 4.78 is 7.05. The summed E-state index contributed by atoms with van der Waals surface area (Å²) in [5.74, 6) is 0.619. The second-order valence-corrected chi connectivity index (χ2v) is 4.64. The van der Waals surface area contributed by atoms with Gasteiger partial charge >= 0.3 is 6.09 Å².